The molecule has 0 amide bonds. The highest BCUT2D eigenvalue weighted by Gasteiger charge is 1.70. The maximum atomic E-state index is 3.61. The smallest absolute Gasteiger partial charge is 0.0398 e. The van der Waals surface area contributed by atoms with Crippen LogP contribution in [0.4, 0.5) is 0 Å². The van der Waals surface area contributed by atoms with E-state index in [1.54, 1.807) is 0 Å². The zero-order chi connectivity index (χ0) is 6.41. The predicted octanol–water partition coefficient (Wildman–Crippen LogP) is 3.33. The van der Waals surface area contributed by atoms with Gasteiger partial charge in [-0.2, -0.15) is 0 Å². The molecule has 9 heavy (non-hydrogen) atoms. The van der Waals surface area contributed by atoms with E-state index in [1.807, 2.05) is 38.2 Å². The second-order valence-electron chi connectivity index (χ2n) is 1.64. The normalized spacial score (nSPS) is 11.1. The lowest BCUT2D eigenvalue weighted by Gasteiger charge is -1.81. The molecule has 0 aromatic carbocycles. The first-order valence-electron chi connectivity index (χ1n) is 2.73. The van der Waals surface area contributed by atoms with Crippen LogP contribution in [0.3, 0.4) is 0 Å². The number of hydrogen-bond donors (Lipinski definition) is 0. The molecule has 0 atom stereocenters. The second kappa shape index (κ2) is 7.22. The summed E-state index contributed by atoms with van der Waals surface area (Å²) >= 11 is 0. The summed E-state index contributed by atoms with van der Waals surface area (Å²) in [6, 6.07) is 0. The van der Waals surface area contributed by atoms with Crippen molar-refractivity contribution in [1.82, 2.24) is 0 Å². The van der Waals surface area contributed by atoms with Crippen molar-refractivity contribution in [1.29, 1.82) is 0 Å². The summed E-state index contributed by atoms with van der Waals surface area (Å²) in [7, 11) is 0. The van der Waals surface area contributed by atoms with Gasteiger partial charge in [-0.05, 0) is 13.8 Å². The Morgan fingerprint density at radius 1 is 1.44 bits per heavy atom. The Labute approximate surface area is 58.6 Å². The van der Waals surface area contributed by atoms with Gasteiger partial charge in [-0.1, -0.05) is 43.9 Å². The molecule has 0 unspecified atom stereocenters. The highest BCUT2D eigenvalue weighted by molar-refractivity contribution is 5.18. The molecule has 0 aromatic heterocycles. The molecule has 0 aliphatic rings. The quantitative estimate of drug-likeness (QED) is 0.495. The maximum absolute atomic E-state index is 3.61. The van der Waals surface area contributed by atoms with Gasteiger partial charge in [0.05, 0.1) is 0 Å². The Bertz CT molecular complexity index is 116. The monoisotopic (exact) mass is 124 g/mol. The summed E-state index contributed by atoms with van der Waals surface area (Å²) in [5, 5.41) is 0. The van der Waals surface area contributed by atoms with Crippen molar-refractivity contribution in [2.45, 2.75) is 21.3 Å². The van der Waals surface area contributed by atoms with Crippen LogP contribution >= 0.6 is 0 Å². The summed E-state index contributed by atoms with van der Waals surface area (Å²) in [6.45, 7) is 7.63. The van der Waals surface area contributed by atoms with Crippen molar-refractivity contribution >= 4 is 0 Å². The Balaban J connectivity index is 0. The fraction of sp³-hybridized carbons (Fsp3) is 0.333. The molecule has 0 nitrogen and oxygen atoms in total. The zero-order valence-corrected chi connectivity index (χ0v) is 5.52. The van der Waals surface area contributed by atoms with Gasteiger partial charge in [0.2, 0.25) is 0 Å². The third-order valence-corrected chi connectivity index (χ3v) is 0.874. The summed E-state index contributed by atoms with van der Waals surface area (Å²) < 4.78 is 0. The zero-order valence-electron chi connectivity index (χ0n) is 5.52. The van der Waals surface area contributed by atoms with Crippen molar-refractivity contribution in [3.8, 4) is 0 Å². The molecule has 0 aromatic rings. The molecule has 0 bridgehead atoms. The first-order valence-corrected chi connectivity index (χ1v) is 2.73. The third-order valence-electron chi connectivity index (χ3n) is 0.874. The van der Waals surface area contributed by atoms with Crippen molar-refractivity contribution in [3.05, 3.63) is 36.5 Å². The molecule has 52 valence electrons. The van der Waals surface area contributed by atoms with Crippen molar-refractivity contribution in [3.63, 3.8) is 0 Å². The van der Waals surface area contributed by atoms with Crippen LogP contribution in [0.2, 0.25) is 0 Å². The standard InChI is InChI=1S/C8H12.CH4/c1-4-6-7-8(3)5-2;/h4-7H,2H2,1,3H3;1H4/b6-4-,8-7-;. The van der Waals surface area contributed by atoms with Crippen molar-refractivity contribution < 1.29 is 0 Å². The Morgan fingerprint density at radius 2 is 2.00 bits per heavy atom. The molecule has 0 aliphatic heterocycles. The lowest BCUT2D eigenvalue weighted by Crippen LogP contribution is -1.60. The van der Waals surface area contributed by atoms with Crippen LogP contribution in [0.15, 0.2) is 36.5 Å². The Morgan fingerprint density at radius 3 is 2.33 bits per heavy atom. The van der Waals surface area contributed by atoms with Crippen LogP contribution in [-0.2, 0) is 0 Å². The highest BCUT2D eigenvalue weighted by atomic mass is 13.8. The van der Waals surface area contributed by atoms with Crippen LogP contribution in [0.1, 0.15) is 21.3 Å². The largest absolute Gasteiger partial charge is 0.0988 e. The van der Waals surface area contributed by atoms with Gasteiger partial charge >= 0.3 is 0 Å². The summed E-state index contributed by atoms with van der Waals surface area (Å²) in [4.78, 5) is 0. The molecule has 0 aliphatic carbocycles. The van der Waals surface area contributed by atoms with Gasteiger partial charge in [0.15, 0.2) is 0 Å². The summed E-state index contributed by atoms with van der Waals surface area (Å²) in [5.41, 5.74) is 1.20. The average molecular weight is 124 g/mol. The first-order chi connectivity index (χ1) is 3.81. The molecule has 0 saturated carbocycles. The van der Waals surface area contributed by atoms with Crippen LogP contribution in [0.5, 0.6) is 0 Å². The molecule has 0 radical (unpaired) electrons. The average Bonchev–Trinajstić information content (AvgIpc) is 1.83. The number of rotatable bonds is 2. The van der Waals surface area contributed by atoms with E-state index in [0.717, 1.165) is 0 Å². The summed E-state index contributed by atoms with van der Waals surface area (Å²) in [6.07, 6.45) is 7.84. The van der Waals surface area contributed by atoms with Gasteiger partial charge in [0.1, 0.15) is 0 Å². The lowest BCUT2D eigenvalue weighted by atomic mass is 10.3. The second-order valence-corrected chi connectivity index (χ2v) is 1.64. The van der Waals surface area contributed by atoms with Gasteiger partial charge < -0.3 is 0 Å². The van der Waals surface area contributed by atoms with Gasteiger partial charge in [-0.3, -0.25) is 0 Å². The van der Waals surface area contributed by atoms with Crippen LogP contribution in [0.25, 0.3) is 0 Å². The minimum absolute atomic E-state index is 0. The molecule has 0 N–H and O–H groups in total. The van der Waals surface area contributed by atoms with Gasteiger partial charge in [0.25, 0.3) is 0 Å². The SMILES string of the molecule is C.C=C/C(C)=C\C=C/C. The highest BCUT2D eigenvalue weighted by Crippen LogP contribution is 1.91. The van der Waals surface area contributed by atoms with E-state index < -0.39 is 0 Å². The molecule has 0 spiro atoms. The topological polar surface area (TPSA) is 0 Å². The third kappa shape index (κ3) is 7.22. The van der Waals surface area contributed by atoms with Crippen LogP contribution in [0, 0.1) is 0 Å². The Hall–Kier alpha value is -0.780. The minimum Gasteiger partial charge on any atom is -0.0988 e. The Kier molecular flexibility index (Phi) is 8.89. The minimum atomic E-state index is 0. The van der Waals surface area contributed by atoms with Crippen molar-refractivity contribution in [2.24, 2.45) is 0 Å². The first kappa shape index (κ1) is 11.1. The van der Waals surface area contributed by atoms with Gasteiger partial charge in [0, 0.05) is 0 Å². The van der Waals surface area contributed by atoms with Crippen LogP contribution in [-0.4, -0.2) is 0 Å². The van der Waals surface area contributed by atoms with E-state index in [0.29, 0.717) is 0 Å². The van der Waals surface area contributed by atoms with E-state index in [1.165, 1.54) is 5.57 Å². The fourth-order valence-electron chi connectivity index (χ4n) is 0.316. The van der Waals surface area contributed by atoms with Gasteiger partial charge in [-0.25, -0.2) is 0 Å². The fourth-order valence-corrected chi connectivity index (χ4v) is 0.316. The molecule has 0 fully saturated rings. The maximum Gasteiger partial charge on any atom is -0.0398 e. The molecule has 0 heteroatoms. The molecule has 0 rings (SSSR count). The number of hydrogen-bond acceptors (Lipinski definition) is 0. The number of allylic oxidation sites excluding steroid dienone is 5. The van der Waals surface area contributed by atoms with E-state index in [-0.39, 0.29) is 7.43 Å². The predicted molar refractivity (Wildman–Crippen MR) is 45.5 cm³/mol. The summed E-state index contributed by atoms with van der Waals surface area (Å²) in [5.74, 6) is 0. The van der Waals surface area contributed by atoms with E-state index in [4.69, 9.17) is 0 Å². The van der Waals surface area contributed by atoms with Crippen molar-refractivity contribution in [2.75, 3.05) is 0 Å². The van der Waals surface area contributed by atoms with E-state index in [2.05, 4.69) is 6.58 Å². The molecular formula is C9H16. The van der Waals surface area contributed by atoms with Crippen LogP contribution < -0.4 is 0 Å². The molecule has 0 heterocycles. The molecule has 0 saturated heterocycles. The van der Waals surface area contributed by atoms with E-state index in [9.17, 15) is 0 Å². The lowest BCUT2D eigenvalue weighted by molar-refractivity contribution is 1.53. The van der Waals surface area contributed by atoms with E-state index >= 15 is 0 Å². The van der Waals surface area contributed by atoms with Gasteiger partial charge in [-0.15, -0.1) is 0 Å². The molecular weight excluding hydrogens is 108 g/mol.